The van der Waals surface area contributed by atoms with Crippen molar-refractivity contribution >= 4 is 17.3 Å². The van der Waals surface area contributed by atoms with Gasteiger partial charge in [0, 0.05) is 18.1 Å². The standard InChI is InChI=1S/C11H10ClF2N/c12-8-6-9(13)11(10(14)7-8)15-4-2-1-3-5-15/h1-2,6-7H,3-5H2. The van der Waals surface area contributed by atoms with Crippen LogP contribution in [0.15, 0.2) is 24.3 Å². The molecule has 0 saturated heterocycles. The molecule has 2 rings (SSSR count). The third-order valence-corrected chi connectivity index (χ3v) is 2.57. The molecule has 0 aromatic heterocycles. The molecule has 0 bridgehead atoms. The van der Waals surface area contributed by atoms with Gasteiger partial charge in [-0.15, -0.1) is 0 Å². The molecule has 1 aromatic rings. The molecular weight excluding hydrogens is 220 g/mol. The number of rotatable bonds is 1. The lowest BCUT2D eigenvalue weighted by atomic mass is 10.2. The van der Waals surface area contributed by atoms with Crippen molar-refractivity contribution in [3.8, 4) is 0 Å². The van der Waals surface area contributed by atoms with Gasteiger partial charge in [-0.25, -0.2) is 8.78 Å². The van der Waals surface area contributed by atoms with E-state index in [0.717, 1.165) is 18.6 Å². The first-order valence-electron chi connectivity index (χ1n) is 4.73. The number of halogens is 3. The summed E-state index contributed by atoms with van der Waals surface area (Å²) in [5.74, 6) is -1.20. The van der Waals surface area contributed by atoms with Gasteiger partial charge in [-0.05, 0) is 18.6 Å². The Labute approximate surface area is 92.0 Å². The van der Waals surface area contributed by atoms with E-state index < -0.39 is 11.6 Å². The van der Waals surface area contributed by atoms with Crippen LogP contribution in [0.3, 0.4) is 0 Å². The quantitative estimate of drug-likeness (QED) is 0.668. The highest BCUT2D eigenvalue weighted by Crippen LogP contribution is 2.27. The van der Waals surface area contributed by atoms with E-state index >= 15 is 0 Å². The maximum Gasteiger partial charge on any atom is 0.151 e. The maximum absolute atomic E-state index is 13.5. The molecule has 0 amide bonds. The molecule has 1 aliphatic rings. The number of hydrogen-bond acceptors (Lipinski definition) is 1. The summed E-state index contributed by atoms with van der Waals surface area (Å²) in [5.41, 5.74) is 0.0174. The van der Waals surface area contributed by atoms with E-state index in [1.807, 2.05) is 12.2 Å². The minimum Gasteiger partial charge on any atom is -0.363 e. The summed E-state index contributed by atoms with van der Waals surface area (Å²) in [6, 6.07) is 2.27. The summed E-state index contributed by atoms with van der Waals surface area (Å²) in [6.07, 6.45) is 4.71. The third-order valence-electron chi connectivity index (χ3n) is 2.36. The van der Waals surface area contributed by atoms with Crippen molar-refractivity contribution < 1.29 is 8.78 Å². The van der Waals surface area contributed by atoms with Gasteiger partial charge in [-0.1, -0.05) is 23.8 Å². The average molecular weight is 230 g/mol. The minimum atomic E-state index is -0.602. The summed E-state index contributed by atoms with van der Waals surface area (Å²) >= 11 is 5.55. The predicted molar refractivity (Wildman–Crippen MR) is 57.3 cm³/mol. The molecule has 0 radical (unpaired) electrons. The number of hydrogen-bond donors (Lipinski definition) is 0. The Kier molecular flexibility index (Phi) is 2.91. The van der Waals surface area contributed by atoms with Crippen molar-refractivity contribution in [3.05, 3.63) is 40.9 Å². The summed E-state index contributed by atoms with van der Waals surface area (Å²) < 4.78 is 27.0. The molecule has 4 heteroatoms. The number of benzene rings is 1. The lowest BCUT2D eigenvalue weighted by Gasteiger charge is -2.26. The van der Waals surface area contributed by atoms with Crippen molar-refractivity contribution in [1.82, 2.24) is 0 Å². The topological polar surface area (TPSA) is 3.24 Å². The zero-order chi connectivity index (χ0) is 10.8. The predicted octanol–water partition coefficient (Wildman–Crippen LogP) is 3.38. The van der Waals surface area contributed by atoms with Crippen LogP contribution in [0.4, 0.5) is 14.5 Å². The largest absolute Gasteiger partial charge is 0.363 e. The Balaban J connectivity index is 2.38. The van der Waals surface area contributed by atoms with E-state index in [0.29, 0.717) is 13.1 Å². The number of anilines is 1. The first-order chi connectivity index (χ1) is 7.18. The van der Waals surface area contributed by atoms with E-state index in [2.05, 4.69) is 0 Å². The Morgan fingerprint density at radius 2 is 1.80 bits per heavy atom. The van der Waals surface area contributed by atoms with Crippen LogP contribution in [0.5, 0.6) is 0 Å². The molecule has 15 heavy (non-hydrogen) atoms. The van der Waals surface area contributed by atoms with Crippen molar-refractivity contribution in [2.75, 3.05) is 18.0 Å². The van der Waals surface area contributed by atoms with Gasteiger partial charge in [-0.3, -0.25) is 0 Å². The highest BCUT2D eigenvalue weighted by atomic mass is 35.5. The van der Waals surface area contributed by atoms with Crippen LogP contribution in [-0.2, 0) is 0 Å². The van der Waals surface area contributed by atoms with Crippen LogP contribution in [0.1, 0.15) is 6.42 Å². The molecule has 1 heterocycles. The molecule has 0 spiro atoms. The summed E-state index contributed by atoms with van der Waals surface area (Å²) in [4.78, 5) is 1.67. The first kappa shape index (κ1) is 10.4. The second kappa shape index (κ2) is 4.19. The zero-order valence-corrected chi connectivity index (χ0v) is 8.77. The summed E-state index contributed by atoms with van der Waals surface area (Å²) in [6.45, 7) is 1.17. The highest BCUT2D eigenvalue weighted by Gasteiger charge is 2.17. The molecule has 80 valence electrons. The Bertz CT molecular complexity index is 381. The molecule has 1 aromatic carbocycles. The van der Waals surface area contributed by atoms with Crippen LogP contribution in [0.2, 0.25) is 5.02 Å². The van der Waals surface area contributed by atoms with E-state index in [1.165, 1.54) is 0 Å². The summed E-state index contributed by atoms with van der Waals surface area (Å²) in [7, 11) is 0. The van der Waals surface area contributed by atoms with Gasteiger partial charge in [0.1, 0.15) is 5.69 Å². The number of nitrogens with zero attached hydrogens (tertiary/aromatic N) is 1. The van der Waals surface area contributed by atoms with Gasteiger partial charge in [-0.2, -0.15) is 0 Å². The average Bonchev–Trinajstić information content (AvgIpc) is 2.17. The van der Waals surface area contributed by atoms with E-state index in [9.17, 15) is 8.78 Å². The monoisotopic (exact) mass is 229 g/mol. The van der Waals surface area contributed by atoms with Crippen LogP contribution < -0.4 is 4.90 Å². The minimum absolute atomic E-state index is 0.0174. The molecule has 1 aliphatic heterocycles. The normalized spacial score (nSPS) is 15.8. The maximum atomic E-state index is 13.5. The van der Waals surface area contributed by atoms with Gasteiger partial charge in [0.25, 0.3) is 0 Å². The van der Waals surface area contributed by atoms with Gasteiger partial charge < -0.3 is 4.90 Å². The smallest absolute Gasteiger partial charge is 0.151 e. The molecule has 0 N–H and O–H groups in total. The third kappa shape index (κ3) is 2.12. The van der Waals surface area contributed by atoms with Crippen molar-refractivity contribution in [3.63, 3.8) is 0 Å². The lowest BCUT2D eigenvalue weighted by molar-refractivity contribution is 0.572. The van der Waals surface area contributed by atoms with Crippen LogP contribution >= 0.6 is 11.6 Å². The second-order valence-corrected chi connectivity index (χ2v) is 3.86. The molecule has 0 unspecified atom stereocenters. The fraction of sp³-hybridized carbons (Fsp3) is 0.273. The lowest BCUT2D eigenvalue weighted by Crippen LogP contribution is -2.28. The van der Waals surface area contributed by atoms with E-state index in [-0.39, 0.29) is 10.7 Å². The molecule has 1 nitrogen and oxygen atoms in total. The van der Waals surface area contributed by atoms with Crippen LogP contribution in [-0.4, -0.2) is 13.1 Å². The zero-order valence-electron chi connectivity index (χ0n) is 8.01. The van der Waals surface area contributed by atoms with Crippen LogP contribution in [0, 0.1) is 11.6 Å². The molecular formula is C11H10ClF2N. The summed E-state index contributed by atoms with van der Waals surface area (Å²) in [5, 5.41) is 0.0845. The van der Waals surface area contributed by atoms with Gasteiger partial charge in [0.2, 0.25) is 0 Å². The first-order valence-corrected chi connectivity index (χ1v) is 5.11. The fourth-order valence-corrected chi connectivity index (χ4v) is 1.87. The van der Waals surface area contributed by atoms with Gasteiger partial charge in [0.15, 0.2) is 11.6 Å². The fourth-order valence-electron chi connectivity index (χ4n) is 1.68. The van der Waals surface area contributed by atoms with Crippen molar-refractivity contribution in [1.29, 1.82) is 0 Å². The molecule has 0 saturated carbocycles. The Hall–Kier alpha value is -1.09. The Morgan fingerprint density at radius 3 is 2.33 bits per heavy atom. The van der Waals surface area contributed by atoms with Gasteiger partial charge in [0.05, 0.1) is 0 Å². The van der Waals surface area contributed by atoms with E-state index in [1.54, 1.807) is 4.90 Å². The SMILES string of the molecule is Fc1cc(Cl)cc(F)c1N1CC=CCC1. The molecule has 0 atom stereocenters. The second-order valence-electron chi connectivity index (χ2n) is 3.42. The van der Waals surface area contributed by atoms with Crippen molar-refractivity contribution in [2.24, 2.45) is 0 Å². The Morgan fingerprint density at radius 1 is 1.13 bits per heavy atom. The van der Waals surface area contributed by atoms with E-state index in [4.69, 9.17) is 11.6 Å². The molecule has 0 aliphatic carbocycles. The van der Waals surface area contributed by atoms with Crippen molar-refractivity contribution in [2.45, 2.75) is 6.42 Å². The highest BCUT2D eigenvalue weighted by molar-refractivity contribution is 6.30. The van der Waals surface area contributed by atoms with Gasteiger partial charge >= 0.3 is 0 Å². The van der Waals surface area contributed by atoms with Crippen LogP contribution in [0.25, 0.3) is 0 Å². The molecule has 0 fully saturated rings.